The summed E-state index contributed by atoms with van der Waals surface area (Å²) in [6, 6.07) is 11.2. The Labute approximate surface area is 175 Å². The van der Waals surface area contributed by atoms with Crippen LogP contribution in [0.15, 0.2) is 46.4 Å². The summed E-state index contributed by atoms with van der Waals surface area (Å²) in [6.07, 6.45) is 5.75. The van der Waals surface area contributed by atoms with Crippen LogP contribution in [0.4, 0.5) is 11.6 Å². The van der Waals surface area contributed by atoms with Crippen molar-refractivity contribution in [3.05, 3.63) is 53.3 Å². The van der Waals surface area contributed by atoms with E-state index in [0.717, 1.165) is 43.8 Å². The summed E-state index contributed by atoms with van der Waals surface area (Å²) >= 11 is 5.29. The van der Waals surface area contributed by atoms with Crippen molar-refractivity contribution in [2.24, 2.45) is 0 Å². The summed E-state index contributed by atoms with van der Waals surface area (Å²) in [5.74, 6) is 0.279. The minimum absolute atomic E-state index is 0.00375. The fourth-order valence-electron chi connectivity index (χ4n) is 3.75. The molecule has 2 fully saturated rings. The topological polar surface area (TPSA) is 65.8 Å². The molecule has 3 heterocycles. The average Bonchev–Trinajstić information content (AvgIpc) is 3.21. The normalized spacial score (nSPS) is 19.1. The van der Waals surface area contributed by atoms with E-state index >= 15 is 0 Å². The fourth-order valence-corrected chi connectivity index (χ4v) is 4.02. The van der Waals surface area contributed by atoms with Gasteiger partial charge in [-0.3, -0.25) is 19.8 Å². The third-order valence-electron chi connectivity index (χ3n) is 5.28. The third-order valence-corrected chi connectivity index (χ3v) is 5.57. The van der Waals surface area contributed by atoms with E-state index in [4.69, 9.17) is 16.6 Å². The lowest BCUT2D eigenvalue weighted by molar-refractivity contribution is -0.122. The number of anilines is 2. The van der Waals surface area contributed by atoms with Crippen LogP contribution in [0.25, 0.3) is 6.08 Å². The number of hydrogen-bond donors (Lipinski definition) is 1. The van der Waals surface area contributed by atoms with Crippen molar-refractivity contribution in [2.45, 2.75) is 32.6 Å². The summed E-state index contributed by atoms with van der Waals surface area (Å²) < 4.78 is 5.90. The maximum Gasteiger partial charge on any atom is 0.270 e. The Balaban J connectivity index is 1.64. The number of nitrogens with zero attached hydrogens (tertiary/aromatic N) is 2. The highest BCUT2D eigenvalue weighted by molar-refractivity contribution is 7.80. The first-order chi connectivity index (χ1) is 14.1. The Kier molecular flexibility index (Phi) is 5.49. The molecule has 1 aromatic carbocycles. The van der Waals surface area contributed by atoms with Gasteiger partial charge in [0.25, 0.3) is 11.8 Å². The van der Waals surface area contributed by atoms with Crippen LogP contribution in [0.3, 0.4) is 0 Å². The Hall–Kier alpha value is -2.93. The van der Waals surface area contributed by atoms with Gasteiger partial charge in [0.05, 0.1) is 5.69 Å². The number of benzene rings is 1. The Morgan fingerprint density at radius 3 is 2.62 bits per heavy atom. The van der Waals surface area contributed by atoms with E-state index in [0.29, 0.717) is 11.4 Å². The maximum atomic E-state index is 13.2. The minimum atomic E-state index is -0.513. The zero-order valence-corrected chi connectivity index (χ0v) is 17.1. The first kappa shape index (κ1) is 19.4. The van der Waals surface area contributed by atoms with E-state index in [1.54, 1.807) is 6.07 Å². The molecule has 0 saturated carbocycles. The molecule has 150 valence electrons. The van der Waals surface area contributed by atoms with Crippen molar-refractivity contribution in [1.82, 2.24) is 5.32 Å². The maximum absolute atomic E-state index is 13.2. The Morgan fingerprint density at radius 1 is 1.10 bits per heavy atom. The molecular weight excluding hydrogens is 386 g/mol. The van der Waals surface area contributed by atoms with Gasteiger partial charge < -0.3 is 9.32 Å². The summed E-state index contributed by atoms with van der Waals surface area (Å²) in [4.78, 5) is 29.3. The van der Waals surface area contributed by atoms with Crippen LogP contribution in [0.2, 0.25) is 0 Å². The molecule has 0 radical (unpaired) electrons. The highest BCUT2D eigenvalue weighted by Gasteiger charge is 2.35. The number of rotatable bonds is 4. The molecule has 29 heavy (non-hydrogen) atoms. The van der Waals surface area contributed by atoms with E-state index in [1.165, 1.54) is 17.4 Å². The molecule has 1 aromatic heterocycles. The standard InChI is InChI=1S/C22H23N3O3S/c1-2-15-8-4-5-9-18(15)25-21(27)17(20(26)23-22(25)29)14-16-10-11-19(28-16)24-12-6-3-7-13-24/h4-5,8-11,14H,2-3,6-7,12-13H2,1H3,(H,23,26,29)/b17-14+. The smallest absolute Gasteiger partial charge is 0.270 e. The molecule has 0 aliphatic carbocycles. The van der Waals surface area contributed by atoms with Crippen LogP contribution in [0.1, 0.15) is 37.5 Å². The van der Waals surface area contributed by atoms with E-state index in [2.05, 4.69) is 10.2 Å². The van der Waals surface area contributed by atoms with E-state index in [1.807, 2.05) is 37.3 Å². The van der Waals surface area contributed by atoms with Gasteiger partial charge >= 0.3 is 0 Å². The Bertz CT molecular complexity index is 989. The number of piperidine rings is 1. The number of carbonyl (C=O) groups is 2. The van der Waals surface area contributed by atoms with Crippen LogP contribution >= 0.6 is 12.2 Å². The van der Waals surface area contributed by atoms with Crippen molar-refractivity contribution in [2.75, 3.05) is 22.9 Å². The number of thiocarbonyl (C=S) groups is 1. The zero-order valence-electron chi connectivity index (χ0n) is 16.3. The number of amides is 2. The number of hydrogen-bond acceptors (Lipinski definition) is 5. The van der Waals surface area contributed by atoms with Gasteiger partial charge in [0.15, 0.2) is 11.0 Å². The summed E-state index contributed by atoms with van der Waals surface area (Å²) in [5.41, 5.74) is 1.66. The molecule has 0 atom stereocenters. The monoisotopic (exact) mass is 409 g/mol. The molecule has 2 aliphatic rings. The minimum Gasteiger partial charge on any atom is -0.441 e. The quantitative estimate of drug-likeness (QED) is 0.474. The average molecular weight is 410 g/mol. The predicted molar refractivity (Wildman–Crippen MR) is 117 cm³/mol. The van der Waals surface area contributed by atoms with E-state index in [-0.39, 0.29) is 10.7 Å². The van der Waals surface area contributed by atoms with Crippen LogP contribution in [0, 0.1) is 0 Å². The second kappa shape index (κ2) is 8.21. The summed E-state index contributed by atoms with van der Waals surface area (Å²) in [7, 11) is 0. The fraction of sp³-hybridized carbons (Fsp3) is 0.318. The number of carbonyl (C=O) groups excluding carboxylic acids is 2. The molecule has 2 aliphatic heterocycles. The lowest BCUT2D eigenvalue weighted by atomic mass is 10.1. The molecule has 0 spiro atoms. The molecule has 0 unspecified atom stereocenters. The zero-order chi connectivity index (χ0) is 20.4. The van der Waals surface area contributed by atoms with Crippen LogP contribution in [0.5, 0.6) is 0 Å². The SMILES string of the molecule is CCc1ccccc1N1C(=O)/C(=C/c2ccc(N3CCCCC3)o2)C(=O)NC1=S. The second-order valence-electron chi connectivity index (χ2n) is 7.16. The van der Waals surface area contributed by atoms with Gasteiger partial charge in [0, 0.05) is 19.2 Å². The molecule has 4 rings (SSSR count). The van der Waals surface area contributed by atoms with Gasteiger partial charge in [-0.2, -0.15) is 0 Å². The lowest BCUT2D eigenvalue weighted by Crippen LogP contribution is -2.54. The lowest BCUT2D eigenvalue weighted by Gasteiger charge is -2.30. The van der Waals surface area contributed by atoms with Crippen LogP contribution in [-0.4, -0.2) is 30.0 Å². The van der Waals surface area contributed by atoms with E-state index in [9.17, 15) is 9.59 Å². The van der Waals surface area contributed by atoms with Crippen LogP contribution in [-0.2, 0) is 16.0 Å². The Morgan fingerprint density at radius 2 is 1.86 bits per heavy atom. The predicted octanol–water partition coefficient (Wildman–Crippen LogP) is 3.66. The first-order valence-corrected chi connectivity index (χ1v) is 10.3. The molecule has 2 saturated heterocycles. The number of aryl methyl sites for hydroxylation is 1. The van der Waals surface area contributed by atoms with Crippen molar-refractivity contribution < 1.29 is 14.0 Å². The van der Waals surface area contributed by atoms with Crippen molar-refractivity contribution in [3.63, 3.8) is 0 Å². The molecule has 1 N–H and O–H groups in total. The van der Waals surface area contributed by atoms with Gasteiger partial charge in [0.1, 0.15) is 11.3 Å². The number of furan rings is 1. The van der Waals surface area contributed by atoms with E-state index < -0.39 is 11.8 Å². The van der Waals surface area contributed by atoms with Crippen LogP contribution < -0.4 is 15.1 Å². The van der Waals surface area contributed by atoms with Gasteiger partial charge in [-0.25, -0.2) is 0 Å². The molecule has 6 nitrogen and oxygen atoms in total. The summed E-state index contributed by atoms with van der Waals surface area (Å²) in [5, 5.41) is 2.72. The molecular formula is C22H23N3O3S. The number of nitrogens with one attached hydrogen (secondary N) is 1. The van der Waals surface area contributed by atoms with Gasteiger partial charge in [-0.15, -0.1) is 0 Å². The molecule has 2 aromatic rings. The third kappa shape index (κ3) is 3.82. The van der Waals surface area contributed by atoms with Crippen molar-refractivity contribution in [3.8, 4) is 0 Å². The van der Waals surface area contributed by atoms with Crippen molar-refractivity contribution >= 4 is 46.8 Å². The van der Waals surface area contributed by atoms with Gasteiger partial charge in [-0.05, 0) is 61.7 Å². The number of para-hydroxylation sites is 1. The largest absolute Gasteiger partial charge is 0.441 e. The highest BCUT2D eigenvalue weighted by atomic mass is 32.1. The molecule has 0 bridgehead atoms. The highest BCUT2D eigenvalue weighted by Crippen LogP contribution is 2.28. The summed E-state index contributed by atoms with van der Waals surface area (Å²) in [6.45, 7) is 3.92. The first-order valence-electron chi connectivity index (χ1n) is 9.92. The second-order valence-corrected chi connectivity index (χ2v) is 7.55. The molecule has 2 amide bonds. The van der Waals surface area contributed by atoms with Gasteiger partial charge in [0.2, 0.25) is 0 Å². The van der Waals surface area contributed by atoms with Gasteiger partial charge in [-0.1, -0.05) is 25.1 Å². The molecule has 7 heteroatoms. The van der Waals surface area contributed by atoms with Crippen molar-refractivity contribution in [1.29, 1.82) is 0 Å².